The zero-order chi connectivity index (χ0) is 15.5. The van der Waals surface area contributed by atoms with Crippen molar-refractivity contribution in [2.24, 2.45) is 10.2 Å². The van der Waals surface area contributed by atoms with Gasteiger partial charge in [-0.1, -0.05) is 0 Å². The van der Waals surface area contributed by atoms with Crippen molar-refractivity contribution < 1.29 is 9.84 Å². The SMILES string of the molecule is C=NNc1nc(NN=C)c2ncn([C@H]3CC[C@@H](CO)O3)c2n1. The molecule has 3 N–H and O–H groups in total. The van der Waals surface area contributed by atoms with Crippen LogP contribution in [0.5, 0.6) is 0 Å². The van der Waals surface area contributed by atoms with E-state index in [0.717, 1.165) is 12.8 Å². The summed E-state index contributed by atoms with van der Waals surface area (Å²) in [7, 11) is 0. The lowest BCUT2D eigenvalue weighted by Gasteiger charge is -2.14. The zero-order valence-electron chi connectivity index (χ0n) is 11.8. The molecule has 1 aliphatic heterocycles. The fourth-order valence-corrected chi connectivity index (χ4v) is 2.43. The van der Waals surface area contributed by atoms with Gasteiger partial charge in [0.1, 0.15) is 6.23 Å². The van der Waals surface area contributed by atoms with Gasteiger partial charge in [-0.2, -0.15) is 20.2 Å². The Labute approximate surface area is 125 Å². The van der Waals surface area contributed by atoms with Crippen LogP contribution in [0.15, 0.2) is 16.5 Å². The molecule has 10 heteroatoms. The van der Waals surface area contributed by atoms with Gasteiger partial charge in [-0.15, -0.1) is 0 Å². The molecular weight excluding hydrogens is 288 g/mol. The molecule has 2 aromatic rings. The van der Waals surface area contributed by atoms with E-state index < -0.39 is 0 Å². The molecule has 10 nitrogen and oxygen atoms in total. The van der Waals surface area contributed by atoms with Crippen LogP contribution < -0.4 is 10.9 Å². The number of hydrogen-bond acceptors (Lipinski definition) is 9. The van der Waals surface area contributed by atoms with Crippen molar-refractivity contribution in [2.75, 3.05) is 17.5 Å². The number of imidazole rings is 1. The molecule has 0 radical (unpaired) electrons. The van der Waals surface area contributed by atoms with Crippen LogP contribution in [0.2, 0.25) is 0 Å². The summed E-state index contributed by atoms with van der Waals surface area (Å²) in [4.78, 5) is 12.9. The quantitative estimate of drug-likeness (QED) is 0.526. The van der Waals surface area contributed by atoms with Crippen molar-refractivity contribution in [2.45, 2.75) is 25.2 Å². The van der Waals surface area contributed by atoms with Gasteiger partial charge >= 0.3 is 0 Å². The van der Waals surface area contributed by atoms with Crippen molar-refractivity contribution >= 4 is 36.4 Å². The summed E-state index contributed by atoms with van der Waals surface area (Å²) >= 11 is 0. The molecule has 3 heterocycles. The molecular formula is C12H16N8O2. The lowest BCUT2D eigenvalue weighted by molar-refractivity contribution is -0.0207. The van der Waals surface area contributed by atoms with Crippen molar-refractivity contribution in [3.8, 4) is 0 Å². The van der Waals surface area contributed by atoms with E-state index in [9.17, 15) is 5.11 Å². The minimum atomic E-state index is -0.230. The first-order valence-corrected chi connectivity index (χ1v) is 6.71. The highest BCUT2D eigenvalue weighted by molar-refractivity contribution is 5.84. The Bertz CT molecular complexity index is 700. The molecule has 1 saturated heterocycles. The first-order valence-electron chi connectivity index (χ1n) is 6.71. The number of anilines is 2. The fourth-order valence-electron chi connectivity index (χ4n) is 2.43. The van der Waals surface area contributed by atoms with Crippen molar-refractivity contribution in [1.29, 1.82) is 0 Å². The zero-order valence-corrected chi connectivity index (χ0v) is 11.8. The van der Waals surface area contributed by atoms with Crippen LogP contribution in [0, 0.1) is 0 Å². The third-order valence-electron chi connectivity index (χ3n) is 3.38. The molecule has 116 valence electrons. The number of hydrazone groups is 2. The molecule has 2 aromatic heterocycles. The maximum Gasteiger partial charge on any atom is 0.247 e. The summed E-state index contributed by atoms with van der Waals surface area (Å²) in [6, 6.07) is 0. The molecule has 2 atom stereocenters. The van der Waals surface area contributed by atoms with Crippen LogP contribution in [-0.4, -0.2) is 50.8 Å². The topological polar surface area (TPSA) is 122 Å². The molecule has 0 aromatic carbocycles. The van der Waals surface area contributed by atoms with E-state index in [0.29, 0.717) is 17.0 Å². The summed E-state index contributed by atoms with van der Waals surface area (Å²) in [5.74, 6) is 0.661. The van der Waals surface area contributed by atoms with Gasteiger partial charge in [-0.05, 0) is 12.8 Å². The first kappa shape index (κ1) is 14.4. The summed E-state index contributed by atoms with van der Waals surface area (Å²) in [6.45, 7) is 6.73. The Hall–Kier alpha value is -2.59. The number of nitrogens with zero attached hydrogens (tertiary/aromatic N) is 6. The second-order valence-electron chi connectivity index (χ2n) is 4.73. The number of rotatable bonds is 6. The van der Waals surface area contributed by atoms with Crippen molar-refractivity contribution in [3.63, 3.8) is 0 Å². The Morgan fingerprint density at radius 1 is 1.32 bits per heavy atom. The highest BCUT2D eigenvalue weighted by atomic mass is 16.5. The summed E-state index contributed by atoms with van der Waals surface area (Å²) in [6.07, 6.45) is 2.79. The normalized spacial score (nSPS) is 21.0. The minimum Gasteiger partial charge on any atom is -0.394 e. The lowest BCUT2D eigenvalue weighted by atomic mass is 10.2. The number of ether oxygens (including phenoxy) is 1. The van der Waals surface area contributed by atoms with E-state index in [1.165, 1.54) is 0 Å². The molecule has 1 fully saturated rings. The largest absolute Gasteiger partial charge is 0.394 e. The van der Waals surface area contributed by atoms with Gasteiger partial charge < -0.3 is 9.84 Å². The second kappa shape index (κ2) is 6.03. The van der Waals surface area contributed by atoms with Crippen molar-refractivity contribution in [1.82, 2.24) is 19.5 Å². The van der Waals surface area contributed by atoms with E-state index >= 15 is 0 Å². The first-order chi connectivity index (χ1) is 10.8. The molecule has 0 spiro atoms. The van der Waals surface area contributed by atoms with Crippen LogP contribution in [0.4, 0.5) is 11.8 Å². The van der Waals surface area contributed by atoms with E-state index in [-0.39, 0.29) is 24.9 Å². The Morgan fingerprint density at radius 3 is 2.82 bits per heavy atom. The van der Waals surface area contributed by atoms with Gasteiger partial charge in [0.05, 0.1) is 19.0 Å². The molecule has 0 saturated carbocycles. The van der Waals surface area contributed by atoms with Crippen LogP contribution in [0.25, 0.3) is 11.2 Å². The van der Waals surface area contributed by atoms with Crippen molar-refractivity contribution in [3.05, 3.63) is 6.33 Å². The Kier molecular flexibility index (Phi) is 3.94. The van der Waals surface area contributed by atoms with E-state index in [1.807, 2.05) is 0 Å². The van der Waals surface area contributed by atoms with Crippen LogP contribution >= 0.6 is 0 Å². The predicted molar refractivity (Wildman–Crippen MR) is 81.9 cm³/mol. The fraction of sp³-hybridized carbons (Fsp3) is 0.417. The third-order valence-corrected chi connectivity index (χ3v) is 3.38. The number of hydrogen-bond donors (Lipinski definition) is 3. The van der Waals surface area contributed by atoms with Gasteiger partial charge in [0.15, 0.2) is 17.0 Å². The lowest BCUT2D eigenvalue weighted by Crippen LogP contribution is -2.14. The van der Waals surface area contributed by atoms with Gasteiger partial charge in [0.25, 0.3) is 0 Å². The maximum atomic E-state index is 9.19. The number of fused-ring (bicyclic) bond motifs is 1. The van der Waals surface area contributed by atoms with Gasteiger partial charge in [0.2, 0.25) is 5.95 Å². The monoisotopic (exact) mass is 304 g/mol. The van der Waals surface area contributed by atoms with E-state index in [1.54, 1.807) is 10.9 Å². The standard InChI is InChI=1S/C12H16N8O2/c1-13-18-10-9-11(17-12(16-10)19-14-2)20(6-15-9)8-4-3-7(5-21)22-8/h6-8,21H,1-5H2,(H2,16,17,18,19)/t7-,8+/m0/s1. The molecule has 0 amide bonds. The molecule has 0 bridgehead atoms. The summed E-state index contributed by atoms with van der Waals surface area (Å²) in [5.41, 5.74) is 6.38. The average Bonchev–Trinajstić information content (AvgIpc) is 3.13. The molecule has 22 heavy (non-hydrogen) atoms. The number of nitrogens with one attached hydrogen (secondary N) is 2. The van der Waals surface area contributed by atoms with Gasteiger partial charge in [0, 0.05) is 13.4 Å². The van der Waals surface area contributed by atoms with E-state index in [4.69, 9.17) is 4.74 Å². The van der Waals surface area contributed by atoms with Gasteiger partial charge in [-0.3, -0.25) is 9.99 Å². The van der Waals surface area contributed by atoms with Crippen LogP contribution in [0.1, 0.15) is 19.1 Å². The molecule has 1 aliphatic rings. The number of aliphatic hydroxyl groups excluding tert-OH is 1. The molecule has 3 rings (SSSR count). The molecule has 0 aliphatic carbocycles. The smallest absolute Gasteiger partial charge is 0.247 e. The second-order valence-corrected chi connectivity index (χ2v) is 4.73. The molecule has 0 unspecified atom stereocenters. The maximum absolute atomic E-state index is 9.19. The number of aliphatic hydroxyl groups is 1. The van der Waals surface area contributed by atoms with E-state index in [2.05, 4.69) is 49.4 Å². The number of aromatic nitrogens is 4. The summed E-state index contributed by atoms with van der Waals surface area (Å²) < 4.78 is 7.56. The third kappa shape index (κ3) is 2.49. The summed E-state index contributed by atoms with van der Waals surface area (Å²) in [5, 5.41) is 16.4. The highest BCUT2D eigenvalue weighted by Crippen LogP contribution is 2.31. The highest BCUT2D eigenvalue weighted by Gasteiger charge is 2.28. The van der Waals surface area contributed by atoms with Crippen LogP contribution in [-0.2, 0) is 4.74 Å². The average molecular weight is 304 g/mol. The Morgan fingerprint density at radius 2 is 2.14 bits per heavy atom. The predicted octanol–water partition coefficient (Wildman–Crippen LogP) is 0.551. The minimum absolute atomic E-state index is 0.00149. The van der Waals surface area contributed by atoms with Crippen LogP contribution in [0.3, 0.4) is 0 Å². The van der Waals surface area contributed by atoms with Gasteiger partial charge in [-0.25, -0.2) is 10.4 Å². The Balaban J connectivity index is 2.04.